The van der Waals surface area contributed by atoms with Crippen molar-refractivity contribution in [1.29, 1.82) is 0 Å². The van der Waals surface area contributed by atoms with E-state index in [1.807, 2.05) is 37.3 Å². The standard InChI is InChI=1S/C18H20N2O3/c1-13(14-5-3-2-4-6-14)20-18(21)15-7-8-17(19-11-15)23-16-9-10-22-12-16/h2-8,11,13,16H,9-10,12H2,1H3,(H,20,21)/t13-,16-/m1/s1. The van der Waals surface area contributed by atoms with E-state index in [-0.39, 0.29) is 18.1 Å². The zero-order valence-electron chi connectivity index (χ0n) is 13.1. The van der Waals surface area contributed by atoms with Gasteiger partial charge in [0.1, 0.15) is 6.10 Å². The van der Waals surface area contributed by atoms with Crippen molar-refractivity contribution in [2.24, 2.45) is 0 Å². The first kappa shape index (κ1) is 15.5. The molecule has 1 aromatic heterocycles. The van der Waals surface area contributed by atoms with Crippen LogP contribution in [0.15, 0.2) is 48.7 Å². The van der Waals surface area contributed by atoms with E-state index in [1.54, 1.807) is 12.1 Å². The number of nitrogens with one attached hydrogen (secondary N) is 1. The lowest BCUT2D eigenvalue weighted by Gasteiger charge is -2.14. The lowest BCUT2D eigenvalue weighted by Crippen LogP contribution is -2.26. The third kappa shape index (κ3) is 4.07. The lowest BCUT2D eigenvalue weighted by atomic mass is 10.1. The van der Waals surface area contributed by atoms with Gasteiger partial charge < -0.3 is 14.8 Å². The van der Waals surface area contributed by atoms with Crippen LogP contribution in [-0.4, -0.2) is 30.2 Å². The zero-order chi connectivity index (χ0) is 16.1. The van der Waals surface area contributed by atoms with Crippen molar-refractivity contribution in [3.63, 3.8) is 0 Å². The Morgan fingerprint density at radius 3 is 2.78 bits per heavy atom. The van der Waals surface area contributed by atoms with Crippen molar-refractivity contribution in [2.75, 3.05) is 13.2 Å². The topological polar surface area (TPSA) is 60.5 Å². The Kier molecular flexibility index (Phi) is 4.88. The molecule has 0 aliphatic carbocycles. The van der Waals surface area contributed by atoms with Crippen LogP contribution in [0, 0.1) is 0 Å². The Labute approximate surface area is 135 Å². The maximum absolute atomic E-state index is 12.3. The largest absolute Gasteiger partial charge is 0.472 e. The molecule has 1 fully saturated rings. The van der Waals surface area contributed by atoms with E-state index >= 15 is 0 Å². The number of pyridine rings is 1. The molecule has 0 unspecified atom stereocenters. The van der Waals surface area contributed by atoms with Gasteiger partial charge in [0.05, 0.1) is 24.8 Å². The van der Waals surface area contributed by atoms with Gasteiger partial charge >= 0.3 is 0 Å². The fourth-order valence-corrected chi connectivity index (χ4v) is 2.47. The smallest absolute Gasteiger partial charge is 0.253 e. The number of amides is 1. The fraction of sp³-hybridized carbons (Fsp3) is 0.333. The highest BCUT2D eigenvalue weighted by atomic mass is 16.5. The van der Waals surface area contributed by atoms with E-state index in [2.05, 4.69) is 10.3 Å². The van der Waals surface area contributed by atoms with Crippen LogP contribution < -0.4 is 10.1 Å². The predicted octanol–water partition coefficient (Wildman–Crippen LogP) is 2.74. The highest BCUT2D eigenvalue weighted by Gasteiger charge is 2.18. The van der Waals surface area contributed by atoms with Gasteiger partial charge in [-0.15, -0.1) is 0 Å². The second-order valence-corrected chi connectivity index (χ2v) is 5.59. The van der Waals surface area contributed by atoms with E-state index in [4.69, 9.17) is 9.47 Å². The molecule has 1 aromatic carbocycles. The first-order valence-electron chi connectivity index (χ1n) is 7.78. The van der Waals surface area contributed by atoms with Crippen LogP contribution >= 0.6 is 0 Å². The molecule has 2 heterocycles. The third-order valence-corrected chi connectivity index (χ3v) is 3.82. The molecule has 1 N–H and O–H groups in total. The van der Waals surface area contributed by atoms with Crippen LogP contribution in [0.5, 0.6) is 5.88 Å². The summed E-state index contributed by atoms with van der Waals surface area (Å²) in [5, 5.41) is 2.97. The van der Waals surface area contributed by atoms with Gasteiger partial charge in [-0.2, -0.15) is 0 Å². The summed E-state index contributed by atoms with van der Waals surface area (Å²) in [5.41, 5.74) is 1.58. The minimum Gasteiger partial charge on any atom is -0.472 e. The minimum atomic E-state index is -0.149. The zero-order valence-corrected chi connectivity index (χ0v) is 13.1. The number of carbonyl (C=O) groups excluding carboxylic acids is 1. The first-order valence-corrected chi connectivity index (χ1v) is 7.78. The van der Waals surface area contributed by atoms with Crippen LogP contribution in [0.25, 0.3) is 0 Å². The summed E-state index contributed by atoms with van der Waals surface area (Å²) in [5.74, 6) is 0.373. The highest BCUT2D eigenvalue weighted by molar-refractivity contribution is 5.94. The van der Waals surface area contributed by atoms with Gasteiger partial charge in [0.15, 0.2) is 0 Å². The molecule has 5 heteroatoms. The number of nitrogens with zero attached hydrogens (tertiary/aromatic N) is 1. The number of hydrogen-bond donors (Lipinski definition) is 1. The molecular weight excluding hydrogens is 292 g/mol. The molecule has 120 valence electrons. The van der Waals surface area contributed by atoms with E-state index in [0.717, 1.165) is 18.6 Å². The number of benzene rings is 1. The number of carbonyl (C=O) groups is 1. The van der Waals surface area contributed by atoms with Gasteiger partial charge in [-0.25, -0.2) is 4.98 Å². The molecule has 1 saturated heterocycles. The minimum absolute atomic E-state index is 0.0558. The number of rotatable bonds is 5. The number of hydrogen-bond acceptors (Lipinski definition) is 4. The maximum Gasteiger partial charge on any atom is 0.253 e. The molecule has 0 radical (unpaired) electrons. The molecule has 1 amide bonds. The summed E-state index contributed by atoms with van der Waals surface area (Å²) in [4.78, 5) is 16.5. The molecule has 2 atom stereocenters. The third-order valence-electron chi connectivity index (χ3n) is 3.82. The van der Waals surface area contributed by atoms with Crippen LogP contribution in [0.1, 0.15) is 35.3 Å². The number of ether oxygens (including phenoxy) is 2. The molecule has 0 bridgehead atoms. The Morgan fingerprint density at radius 1 is 1.30 bits per heavy atom. The van der Waals surface area contributed by atoms with Gasteiger partial charge in [0.25, 0.3) is 5.91 Å². The van der Waals surface area contributed by atoms with Crippen molar-refractivity contribution in [3.8, 4) is 5.88 Å². The van der Waals surface area contributed by atoms with Gasteiger partial charge in [-0.1, -0.05) is 30.3 Å². The Hall–Kier alpha value is -2.40. The van der Waals surface area contributed by atoms with Crippen molar-refractivity contribution in [1.82, 2.24) is 10.3 Å². The summed E-state index contributed by atoms with van der Waals surface area (Å²) in [7, 11) is 0. The summed E-state index contributed by atoms with van der Waals surface area (Å²) < 4.78 is 11.0. The van der Waals surface area contributed by atoms with Gasteiger partial charge in [0, 0.05) is 18.7 Å². The summed E-state index contributed by atoms with van der Waals surface area (Å²) in [6.45, 7) is 3.28. The van der Waals surface area contributed by atoms with Gasteiger partial charge in [-0.3, -0.25) is 4.79 Å². The molecule has 2 aromatic rings. The van der Waals surface area contributed by atoms with E-state index in [1.165, 1.54) is 6.20 Å². The fourth-order valence-electron chi connectivity index (χ4n) is 2.47. The molecule has 1 aliphatic heterocycles. The molecular formula is C18H20N2O3. The SMILES string of the molecule is C[C@@H](NC(=O)c1ccc(O[C@@H]2CCOC2)nc1)c1ccccc1. The van der Waals surface area contributed by atoms with E-state index in [9.17, 15) is 4.79 Å². The van der Waals surface area contributed by atoms with Crippen molar-refractivity contribution < 1.29 is 14.3 Å². The Balaban J connectivity index is 1.59. The average molecular weight is 312 g/mol. The molecule has 1 aliphatic rings. The van der Waals surface area contributed by atoms with E-state index in [0.29, 0.717) is 18.1 Å². The quantitative estimate of drug-likeness (QED) is 0.922. The van der Waals surface area contributed by atoms with Crippen LogP contribution in [0.3, 0.4) is 0 Å². The summed E-state index contributed by atoms with van der Waals surface area (Å²) >= 11 is 0. The lowest BCUT2D eigenvalue weighted by molar-refractivity contribution is 0.0939. The predicted molar refractivity (Wildman–Crippen MR) is 86.4 cm³/mol. The molecule has 23 heavy (non-hydrogen) atoms. The van der Waals surface area contributed by atoms with Crippen molar-refractivity contribution >= 4 is 5.91 Å². The van der Waals surface area contributed by atoms with Crippen LogP contribution in [0.2, 0.25) is 0 Å². The first-order chi connectivity index (χ1) is 11.2. The second kappa shape index (κ2) is 7.24. The van der Waals surface area contributed by atoms with Crippen LogP contribution in [-0.2, 0) is 4.74 Å². The van der Waals surface area contributed by atoms with E-state index < -0.39 is 0 Å². The van der Waals surface area contributed by atoms with Crippen molar-refractivity contribution in [2.45, 2.75) is 25.5 Å². The average Bonchev–Trinajstić information content (AvgIpc) is 3.09. The van der Waals surface area contributed by atoms with Gasteiger partial charge in [-0.05, 0) is 18.6 Å². The van der Waals surface area contributed by atoms with Crippen molar-refractivity contribution in [3.05, 3.63) is 59.8 Å². The second-order valence-electron chi connectivity index (χ2n) is 5.59. The maximum atomic E-state index is 12.3. The normalized spacial score (nSPS) is 18.4. The summed E-state index contributed by atoms with van der Waals surface area (Å²) in [6, 6.07) is 13.2. The van der Waals surface area contributed by atoms with Crippen LogP contribution in [0.4, 0.5) is 0 Å². The molecule has 0 saturated carbocycles. The molecule has 0 spiro atoms. The number of aromatic nitrogens is 1. The summed E-state index contributed by atoms with van der Waals surface area (Å²) in [6.07, 6.45) is 2.47. The Morgan fingerprint density at radius 2 is 2.13 bits per heavy atom. The highest BCUT2D eigenvalue weighted by Crippen LogP contribution is 2.16. The molecule has 3 rings (SSSR count). The monoisotopic (exact) mass is 312 g/mol. The molecule has 5 nitrogen and oxygen atoms in total. The van der Waals surface area contributed by atoms with Gasteiger partial charge in [0.2, 0.25) is 5.88 Å². The Bertz CT molecular complexity index is 637.